The van der Waals surface area contributed by atoms with E-state index in [1.54, 1.807) is 30.3 Å². The number of rotatable bonds is 5. The molecule has 2 atom stereocenters. The topological polar surface area (TPSA) is 79.6 Å². The number of esters is 1. The zero-order valence-corrected chi connectivity index (χ0v) is 14.0. The molecule has 0 aromatic heterocycles. The van der Waals surface area contributed by atoms with Gasteiger partial charge in [-0.3, -0.25) is 4.79 Å². The van der Waals surface area contributed by atoms with E-state index in [-0.39, 0.29) is 31.2 Å². The average Bonchev–Trinajstić information content (AvgIpc) is 2.58. The van der Waals surface area contributed by atoms with Gasteiger partial charge in [-0.05, 0) is 57.4 Å². The number of amides is 1. The lowest BCUT2D eigenvalue weighted by Crippen LogP contribution is -2.49. The first-order valence-corrected chi connectivity index (χ1v) is 8.11. The van der Waals surface area contributed by atoms with Gasteiger partial charge >= 0.3 is 5.97 Å². The van der Waals surface area contributed by atoms with Crippen molar-refractivity contribution >= 4 is 11.9 Å². The lowest BCUT2D eigenvalue weighted by molar-refractivity contribution is -0.139. The smallest absolute Gasteiger partial charge is 0.339 e. The first-order valence-electron chi connectivity index (χ1n) is 8.11. The highest BCUT2D eigenvalue weighted by molar-refractivity contribution is 5.89. The number of carbonyl (C=O) groups excluding carboxylic acids is 2. The van der Waals surface area contributed by atoms with E-state index in [4.69, 9.17) is 14.7 Å². The maximum atomic E-state index is 12.4. The molecule has 1 aliphatic heterocycles. The van der Waals surface area contributed by atoms with Gasteiger partial charge < -0.3 is 14.4 Å². The number of carbonyl (C=O) groups is 2. The van der Waals surface area contributed by atoms with Crippen LogP contribution in [0, 0.1) is 11.3 Å². The molecule has 1 aromatic rings. The Labute approximate surface area is 142 Å². The van der Waals surface area contributed by atoms with Crippen molar-refractivity contribution in [3.8, 4) is 11.8 Å². The molecule has 0 radical (unpaired) electrons. The molecule has 1 heterocycles. The summed E-state index contributed by atoms with van der Waals surface area (Å²) >= 11 is 0. The molecule has 24 heavy (non-hydrogen) atoms. The quantitative estimate of drug-likeness (QED) is 0.775. The van der Waals surface area contributed by atoms with Crippen LogP contribution in [-0.4, -0.2) is 42.1 Å². The molecule has 0 unspecified atom stereocenters. The van der Waals surface area contributed by atoms with Crippen LogP contribution in [-0.2, 0) is 9.53 Å². The molecular formula is C18H22N2O4. The molecule has 0 saturated carbocycles. The fraction of sp³-hybridized carbons (Fsp3) is 0.500. The molecule has 0 spiro atoms. The van der Waals surface area contributed by atoms with Crippen molar-refractivity contribution in [3.63, 3.8) is 0 Å². The Bertz CT molecular complexity index is 611. The molecule has 0 bridgehead atoms. The van der Waals surface area contributed by atoms with Crippen LogP contribution in [0.5, 0.6) is 5.75 Å². The minimum Gasteiger partial charge on any atom is -0.484 e. The van der Waals surface area contributed by atoms with Gasteiger partial charge in [0.2, 0.25) is 0 Å². The highest BCUT2D eigenvalue weighted by atomic mass is 16.5. The number of hydrogen-bond donors (Lipinski definition) is 0. The predicted octanol–water partition coefficient (Wildman–Crippen LogP) is 2.54. The van der Waals surface area contributed by atoms with Crippen LogP contribution in [0.1, 0.15) is 43.5 Å². The standard InChI is InChI=1S/C18H22N2O4/c1-13-4-3-5-14(2)20(13)17(21)12-24-16-8-6-15(7-9-16)18(22)23-11-10-19/h6-9,13-14H,3-5,11-12H2,1-2H3/t13-,14-/m1/s1. The van der Waals surface area contributed by atoms with Crippen molar-refractivity contribution in [2.45, 2.75) is 45.2 Å². The molecule has 2 rings (SSSR count). The molecule has 0 aliphatic carbocycles. The summed E-state index contributed by atoms with van der Waals surface area (Å²) in [6, 6.07) is 8.53. The van der Waals surface area contributed by atoms with Gasteiger partial charge in [-0.1, -0.05) is 0 Å². The van der Waals surface area contributed by atoms with E-state index in [0.717, 1.165) is 19.3 Å². The van der Waals surface area contributed by atoms with Gasteiger partial charge in [-0.15, -0.1) is 0 Å². The van der Waals surface area contributed by atoms with Crippen LogP contribution >= 0.6 is 0 Å². The van der Waals surface area contributed by atoms with Gasteiger partial charge in [0.1, 0.15) is 11.8 Å². The van der Waals surface area contributed by atoms with E-state index in [1.807, 2.05) is 4.90 Å². The average molecular weight is 330 g/mol. The number of benzene rings is 1. The highest BCUT2D eigenvalue weighted by Crippen LogP contribution is 2.23. The van der Waals surface area contributed by atoms with E-state index < -0.39 is 5.97 Å². The van der Waals surface area contributed by atoms with Crippen molar-refractivity contribution in [3.05, 3.63) is 29.8 Å². The van der Waals surface area contributed by atoms with Crippen molar-refractivity contribution in [1.82, 2.24) is 4.90 Å². The van der Waals surface area contributed by atoms with Crippen LogP contribution in [0.2, 0.25) is 0 Å². The Morgan fingerprint density at radius 3 is 2.42 bits per heavy atom. The second-order valence-electron chi connectivity index (χ2n) is 5.98. The fourth-order valence-electron chi connectivity index (χ4n) is 3.00. The number of hydrogen-bond acceptors (Lipinski definition) is 5. The third-order valence-electron chi connectivity index (χ3n) is 4.20. The van der Waals surface area contributed by atoms with E-state index in [9.17, 15) is 9.59 Å². The second kappa shape index (κ2) is 8.34. The van der Waals surface area contributed by atoms with Gasteiger partial charge in [-0.2, -0.15) is 5.26 Å². The van der Waals surface area contributed by atoms with Gasteiger partial charge in [0.15, 0.2) is 13.2 Å². The summed E-state index contributed by atoms with van der Waals surface area (Å²) < 4.78 is 10.3. The van der Waals surface area contributed by atoms with E-state index >= 15 is 0 Å². The Balaban J connectivity index is 1.89. The number of nitrogens with zero attached hydrogens (tertiary/aromatic N) is 2. The molecule has 0 N–H and O–H groups in total. The molecule has 1 aromatic carbocycles. The molecule has 6 heteroatoms. The summed E-state index contributed by atoms with van der Waals surface area (Å²) in [6.45, 7) is 3.83. The molecule has 128 valence electrons. The van der Waals surface area contributed by atoms with Gasteiger partial charge in [0, 0.05) is 12.1 Å². The molecule has 6 nitrogen and oxygen atoms in total. The number of nitriles is 1. The van der Waals surface area contributed by atoms with Gasteiger partial charge in [0.25, 0.3) is 5.91 Å². The number of ether oxygens (including phenoxy) is 2. The zero-order chi connectivity index (χ0) is 17.5. The molecule has 1 saturated heterocycles. The molecule has 1 amide bonds. The van der Waals surface area contributed by atoms with Gasteiger partial charge in [0.05, 0.1) is 5.56 Å². The Hall–Kier alpha value is -2.55. The number of piperidine rings is 1. The third kappa shape index (κ3) is 4.48. The minimum atomic E-state index is -0.560. The minimum absolute atomic E-state index is 0.0209. The predicted molar refractivity (Wildman–Crippen MR) is 87.5 cm³/mol. The Kier molecular flexibility index (Phi) is 6.19. The normalized spacial score (nSPS) is 20.1. The van der Waals surface area contributed by atoms with Crippen LogP contribution in [0.15, 0.2) is 24.3 Å². The summed E-state index contributed by atoms with van der Waals surface area (Å²) in [5.74, 6) is -0.0696. The SMILES string of the molecule is C[C@@H]1CCC[C@@H](C)N1C(=O)COc1ccc(C(=O)OCC#N)cc1. The van der Waals surface area contributed by atoms with Gasteiger partial charge in [-0.25, -0.2) is 4.79 Å². The zero-order valence-electron chi connectivity index (χ0n) is 14.0. The largest absolute Gasteiger partial charge is 0.484 e. The summed E-state index contributed by atoms with van der Waals surface area (Å²) in [5, 5.41) is 8.39. The van der Waals surface area contributed by atoms with E-state index in [1.165, 1.54) is 0 Å². The highest BCUT2D eigenvalue weighted by Gasteiger charge is 2.28. The van der Waals surface area contributed by atoms with Crippen molar-refractivity contribution in [2.24, 2.45) is 0 Å². The number of likely N-dealkylation sites (tertiary alicyclic amines) is 1. The molecule has 1 aliphatic rings. The molecular weight excluding hydrogens is 308 g/mol. The van der Waals surface area contributed by atoms with E-state index in [0.29, 0.717) is 11.3 Å². The summed E-state index contributed by atoms with van der Waals surface area (Å²) in [7, 11) is 0. The third-order valence-corrected chi connectivity index (χ3v) is 4.20. The van der Waals surface area contributed by atoms with Crippen LogP contribution in [0.25, 0.3) is 0 Å². The maximum absolute atomic E-state index is 12.4. The molecule has 1 fully saturated rings. The van der Waals surface area contributed by atoms with Crippen LogP contribution < -0.4 is 4.74 Å². The summed E-state index contributed by atoms with van der Waals surface area (Å²) in [4.78, 5) is 25.9. The lowest BCUT2D eigenvalue weighted by atomic mass is 9.97. The first-order chi connectivity index (χ1) is 11.5. The summed E-state index contributed by atoms with van der Waals surface area (Å²) in [5.41, 5.74) is 0.335. The summed E-state index contributed by atoms with van der Waals surface area (Å²) in [6.07, 6.45) is 3.20. The fourth-order valence-corrected chi connectivity index (χ4v) is 3.00. The first kappa shape index (κ1) is 17.8. The Morgan fingerprint density at radius 1 is 1.21 bits per heavy atom. The van der Waals surface area contributed by atoms with Crippen molar-refractivity contribution in [2.75, 3.05) is 13.2 Å². The maximum Gasteiger partial charge on any atom is 0.339 e. The lowest BCUT2D eigenvalue weighted by Gasteiger charge is -2.38. The Morgan fingerprint density at radius 2 is 1.83 bits per heavy atom. The van der Waals surface area contributed by atoms with Crippen molar-refractivity contribution in [1.29, 1.82) is 5.26 Å². The van der Waals surface area contributed by atoms with E-state index in [2.05, 4.69) is 13.8 Å². The van der Waals surface area contributed by atoms with Crippen LogP contribution in [0.4, 0.5) is 0 Å². The monoisotopic (exact) mass is 330 g/mol. The van der Waals surface area contributed by atoms with Crippen LogP contribution in [0.3, 0.4) is 0 Å². The second-order valence-corrected chi connectivity index (χ2v) is 5.98. The van der Waals surface area contributed by atoms with Crippen molar-refractivity contribution < 1.29 is 19.1 Å².